The highest BCUT2D eigenvalue weighted by molar-refractivity contribution is 5.93. The highest BCUT2D eigenvalue weighted by atomic mass is 16.3. The Labute approximate surface area is 197 Å². The molecule has 4 aromatic heterocycles. The number of carbonyl (C=O) groups is 1. The zero-order valence-corrected chi connectivity index (χ0v) is 19.5. The van der Waals surface area contributed by atoms with Crippen LogP contribution in [-0.2, 0) is 0 Å². The number of anilines is 1. The minimum atomic E-state index is -0.334. The number of pyridine rings is 1. The van der Waals surface area contributed by atoms with E-state index in [2.05, 4.69) is 16.9 Å². The van der Waals surface area contributed by atoms with E-state index < -0.39 is 0 Å². The summed E-state index contributed by atoms with van der Waals surface area (Å²) in [6.45, 7) is 6.16. The molecule has 34 heavy (non-hydrogen) atoms. The molecule has 9 heteroatoms. The Bertz CT molecular complexity index is 1370. The minimum absolute atomic E-state index is 0.0269. The molecule has 1 amide bonds. The van der Waals surface area contributed by atoms with Crippen molar-refractivity contribution >= 4 is 22.9 Å². The molecule has 176 valence electrons. The lowest BCUT2D eigenvalue weighted by molar-refractivity contribution is 0.0596. The molecule has 0 bridgehead atoms. The first kappa shape index (κ1) is 21.1. The van der Waals surface area contributed by atoms with Crippen LogP contribution in [0.15, 0.2) is 42.7 Å². The number of hydrogen-bond donors (Lipinski definition) is 1. The quantitative estimate of drug-likeness (QED) is 0.507. The summed E-state index contributed by atoms with van der Waals surface area (Å²) in [5, 5.41) is 19.4. The van der Waals surface area contributed by atoms with Gasteiger partial charge in [0.15, 0.2) is 5.65 Å². The maximum atomic E-state index is 13.6. The van der Waals surface area contributed by atoms with Gasteiger partial charge in [0, 0.05) is 43.4 Å². The second-order valence-corrected chi connectivity index (χ2v) is 9.66. The molecule has 0 spiro atoms. The SMILES string of the molecule is Cc1cn2nc(C3CCCCN3C(=O)c3cccc4ccnn34)cc2nc1N1CC(C)C(O)C1. The van der Waals surface area contributed by atoms with Crippen molar-refractivity contribution < 1.29 is 9.90 Å². The number of aryl methyl sites for hydroxylation is 1. The number of amides is 1. The first-order valence-electron chi connectivity index (χ1n) is 12.0. The maximum Gasteiger partial charge on any atom is 0.273 e. The molecule has 0 aliphatic carbocycles. The van der Waals surface area contributed by atoms with Gasteiger partial charge in [-0.15, -0.1) is 0 Å². The molecule has 0 aromatic carbocycles. The first-order valence-corrected chi connectivity index (χ1v) is 12.0. The molecule has 2 fully saturated rings. The number of carbonyl (C=O) groups excluding carboxylic acids is 1. The average molecular weight is 460 g/mol. The number of aromatic nitrogens is 5. The van der Waals surface area contributed by atoms with Gasteiger partial charge in [0.05, 0.1) is 29.6 Å². The summed E-state index contributed by atoms with van der Waals surface area (Å²) in [6.07, 6.45) is 6.27. The molecular weight excluding hydrogens is 430 g/mol. The van der Waals surface area contributed by atoms with Crippen LogP contribution >= 0.6 is 0 Å². The van der Waals surface area contributed by atoms with Crippen molar-refractivity contribution in [2.75, 3.05) is 24.5 Å². The van der Waals surface area contributed by atoms with Crippen LogP contribution in [0.1, 0.15) is 54.0 Å². The first-order chi connectivity index (χ1) is 16.5. The van der Waals surface area contributed by atoms with Gasteiger partial charge in [-0.25, -0.2) is 14.0 Å². The number of likely N-dealkylation sites (tertiary alicyclic amines) is 1. The van der Waals surface area contributed by atoms with E-state index >= 15 is 0 Å². The summed E-state index contributed by atoms with van der Waals surface area (Å²) in [5.74, 6) is 1.09. The van der Waals surface area contributed by atoms with Gasteiger partial charge in [-0.3, -0.25) is 4.79 Å². The van der Waals surface area contributed by atoms with Crippen molar-refractivity contribution in [3.63, 3.8) is 0 Å². The normalized spacial score (nSPS) is 23.3. The largest absolute Gasteiger partial charge is 0.391 e. The van der Waals surface area contributed by atoms with Crippen LogP contribution < -0.4 is 4.90 Å². The number of nitrogens with zero attached hydrogens (tertiary/aromatic N) is 7. The van der Waals surface area contributed by atoms with Gasteiger partial charge < -0.3 is 14.9 Å². The monoisotopic (exact) mass is 459 g/mol. The van der Waals surface area contributed by atoms with Crippen LogP contribution in [-0.4, -0.2) is 65.9 Å². The van der Waals surface area contributed by atoms with Crippen LogP contribution in [0.5, 0.6) is 0 Å². The third kappa shape index (κ3) is 3.42. The summed E-state index contributed by atoms with van der Waals surface area (Å²) in [6, 6.07) is 9.48. The number of fused-ring (bicyclic) bond motifs is 2. The predicted molar refractivity (Wildman–Crippen MR) is 128 cm³/mol. The minimum Gasteiger partial charge on any atom is -0.391 e. The van der Waals surface area contributed by atoms with Crippen molar-refractivity contribution in [2.45, 2.75) is 45.3 Å². The molecule has 2 aliphatic rings. The maximum absolute atomic E-state index is 13.6. The molecule has 4 aromatic rings. The highest BCUT2D eigenvalue weighted by Gasteiger charge is 2.33. The fourth-order valence-electron chi connectivity index (χ4n) is 5.37. The third-order valence-electron chi connectivity index (χ3n) is 7.24. The van der Waals surface area contributed by atoms with Crippen LogP contribution in [0, 0.1) is 12.8 Å². The van der Waals surface area contributed by atoms with Gasteiger partial charge in [0.25, 0.3) is 5.91 Å². The topological polar surface area (TPSA) is 91.3 Å². The molecule has 3 atom stereocenters. The zero-order valence-electron chi connectivity index (χ0n) is 19.5. The summed E-state index contributed by atoms with van der Waals surface area (Å²) in [7, 11) is 0. The lowest BCUT2D eigenvalue weighted by Crippen LogP contribution is -2.39. The van der Waals surface area contributed by atoms with Crippen molar-refractivity contribution in [1.82, 2.24) is 29.1 Å². The third-order valence-corrected chi connectivity index (χ3v) is 7.24. The number of β-amino-alcohol motifs (C(OH)–C–C–N with tert-alkyl or cyclic N) is 1. The average Bonchev–Trinajstić information content (AvgIpc) is 3.56. The number of piperidine rings is 1. The second-order valence-electron chi connectivity index (χ2n) is 9.66. The van der Waals surface area contributed by atoms with Gasteiger partial charge in [-0.1, -0.05) is 13.0 Å². The molecular formula is C25H29N7O2. The van der Waals surface area contributed by atoms with E-state index in [1.165, 1.54) is 0 Å². The van der Waals surface area contributed by atoms with Crippen LogP contribution in [0.25, 0.3) is 11.2 Å². The smallest absolute Gasteiger partial charge is 0.273 e. The Morgan fingerprint density at radius 1 is 1.18 bits per heavy atom. The van der Waals surface area contributed by atoms with E-state index in [1.54, 1.807) is 10.7 Å². The Morgan fingerprint density at radius 3 is 2.88 bits per heavy atom. The molecule has 9 nitrogen and oxygen atoms in total. The van der Waals surface area contributed by atoms with Crippen molar-refractivity contribution in [3.05, 3.63) is 59.7 Å². The Hall–Kier alpha value is -3.46. The van der Waals surface area contributed by atoms with E-state index in [1.807, 2.05) is 52.9 Å². The number of aliphatic hydroxyl groups is 1. The van der Waals surface area contributed by atoms with Gasteiger partial charge >= 0.3 is 0 Å². The number of aliphatic hydroxyl groups excluding tert-OH is 1. The number of rotatable bonds is 3. The van der Waals surface area contributed by atoms with Gasteiger partial charge in [-0.05, 0) is 44.4 Å². The summed E-state index contributed by atoms with van der Waals surface area (Å²) >= 11 is 0. The molecule has 0 saturated carbocycles. The van der Waals surface area contributed by atoms with Gasteiger partial charge in [0.2, 0.25) is 0 Å². The molecule has 2 saturated heterocycles. The molecule has 0 radical (unpaired) electrons. The Morgan fingerprint density at radius 2 is 2.06 bits per heavy atom. The van der Waals surface area contributed by atoms with E-state index in [-0.39, 0.29) is 24.0 Å². The number of hydrogen-bond acceptors (Lipinski definition) is 6. The van der Waals surface area contributed by atoms with Crippen LogP contribution in [0.2, 0.25) is 0 Å². The van der Waals surface area contributed by atoms with Crippen molar-refractivity contribution in [3.8, 4) is 0 Å². The van der Waals surface area contributed by atoms with E-state index in [4.69, 9.17) is 10.1 Å². The predicted octanol–water partition coefficient (Wildman–Crippen LogP) is 2.87. The zero-order chi connectivity index (χ0) is 23.4. The Kier molecular flexibility index (Phi) is 5.02. The van der Waals surface area contributed by atoms with Crippen molar-refractivity contribution in [2.24, 2.45) is 5.92 Å². The fraction of sp³-hybridized carbons (Fsp3) is 0.440. The highest BCUT2D eigenvalue weighted by Crippen LogP contribution is 2.33. The Balaban J connectivity index is 1.34. The summed E-state index contributed by atoms with van der Waals surface area (Å²) in [4.78, 5) is 22.6. The molecule has 6 rings (SSSR count). The lowest BCUT2D eigenvalue weighted by atomic mass is 9.99. The fourth-order valence-corrected chi connectivity index (χ4v) is 5.37. The molecule has 2 aliphatic heterocycles. The summed E-state index contributed by atoms with van der Waals surface area (Å²) in [5.41, 5.74) is 4.11. The van der Waals surface area contributed by atoms with Crippen LogP contribution in [0.4, 0.5) is 5.82 Å². The van der Waals surface area contributed by atoms with E-state index in [9.17, 15) is 9.90 Å². The summed E-state index contributed by atoms with van der Waals surface area (Å²) < 4.78 is 3.52. The van der Waals surface area contributed by atoms with Gasteiger partial charge in [0.1, 0.15) is 11.5 Å². The standard InChI is InChI=1S/C25H29N7O2/c1-16-13-29(15-22(16)33)24-17(2)14-31-23(27-24)12-19(28-31)20-7-3-4-11-30(20)25(34)21-8-5-6-18-9-10-26-32(18)21/h5-6,8-10,12,14,16,20,22,33H,3-4,7,11,13,15H2,1-2H3. The molecule has 1 N–H and O–H groups in total. The molecule has 6 heterocycles. The molecule has 3 unspecified atom stereocenters. The van der Waals surface area contributed by atoms with E-state index in [0.29, 0.717) is 18.8 Å². The lowest BCUT2D eigenvalue weighted by Gasteiger charge is -2.34. The second kappa shape index (κ2) is 8.09. The van der Waals surface area contributed by atoms with Crippen molar-refractivity contribution in [1.29, 1.82) is 0 Å². The van der Waals surface area contributed by atoms with E-state index in [0.717, 1.165) is 54.0 Å². The van der Waals surface area contributed by atoms with Gasteiger partial charge in [-0.2, -0.15) is 10.2 Å². The van der Waals surface area contributed by atoms with Crippen LogP contribution in [0.3, 0.4) is 0 Å².